The number of hydrogen-bond acceptors (Lipinski definition) is 2. The van der Waals surface area contributed by atoms with Crippen molar-refractivity contribution in [2.75, 3.05) is 6.61 Å². The minimum atomic E-state index is -0.555. The summed E-state index contributed by atoms with van der Waals surface area (Å²) in [7, 11) is 0. The summed E-state index contributed by atoms with van der Waals surface area (Å²) in [5.41, 5.74) is 2.66. The number of hydrogen-bond donors (Lipinski definition) is 1. The molecule has 4 rings (SSSR count). The summed E-state index contributed by atoms with van der Waals surface area (Å²) >= 11 is 0. The molecule has 1 heterocycles. The molecule has 0 aromatic heterocycles. The molecule has 0 spiro atoms. The van der Waals surface area contributed by atoms with Gasteiger partial charge >= 0.3 is 0 Å². The summed E-state index contributed by atoms with van der Waals surface area (Å²) in [5, 5.41) is 10.9. The average Bonchev–Trinajstić information content (AvgIpc) is 2.81. The maximum absolute atomic E-state index is 13.9. The molecule has 30 heavy (non-hydrogen) atoms. The van der Waals surface area contributed by atoms with Crippen LogP contribution in [0, 0.1) is 17.7 Å². The van der Waals surface area contributed by atoms with Gasteiger partial charge < -0.3 is 9.84 Å². The van der Waals surface area contributed by atoms with E-state index in [0.29, 0.717) is 12.2 Å². The lowest BCUT2D eigenvalue weighted by Gasteiger charge is -2.38. The summed E-state index contributed by atoms with van der Waals surface area (Å²) in [5.74, 6) is 0.0115. The molecule has 1 aliphatic heterocycles. The van der Waals surface area contributed by atoms with E-state index in [-0.39, 0.29) is 23.8 Å². The predicted molar refractivity (Wildman–Crippen MR) is 118 cm³/mol. The Morgan fingerprint density at radius 2 is 1.60 bits per heavy atom. The minimum absolute atomic E-state index is 0.0271. The Bertz CT molecular complexity index is 955. The molecule has 0 bridgehead atoms. The smallest absolute Gasteiger partial charge is 0.130 e. The first-order chi connectivity index (χ1) is 14.7. The van der Waals surface area contributed by atoms with E-state index in [1.807, 2.05) is 66.7 Å². The van der Waals surface area contributed by atoms with Crippen LogP contribution in [-0.4, -0.2) is 11.7 Å². The second-order valence-electron chi connectivity index (χ2n) is 7.94. The van der Waals surface area contributed by atoms with Crippen molar-refractivity contribution < 1.29 is 14.2 Å². The Morgan fingerprint density at radius 3 is 2.33 bits per heavy atom. The van der Waals surface area contributed by atoms with Gasteiger partial charge in [0.2, 0.25) is 0 Å². The summed E-state index contributed by atoms with van der Waals surface area (Å²) in [6.45, 7) is 0.517. The van der Waals surface area contributed by atoms with Crippen LogP contribution in [0.15, 0.2) is 91.0 Å². The molecule has 2 nitrogen and oxygen atoms in total. The molecular formula is C27H27FO2. The third-order valence-electron chi connectivity index (χ3n) is 5.88. The highest BCUT2D eigenvalue weighted by atomic mass is 19.1. The maximum atomic E-state index is 13.9. The van der Waals surface area contributed by atoms with Crippen LogP contribution in [0.1, 0.15) is 41.7 Å². The Morgan fingerprint density at radius 1 is 0.933 bits per heavy atom. The van der Waals surface area contributed by atoms with Gasteiger partial charge in [-0.15, -0.1) is 0 Å². The van der Waals surface area contributed by atoms with E-state index in [9.17, 15) is 9.50 Å². The monoisotopic (exact) mass is 402 g/mol. The van der Waals surface area contributed by atoms with E-state index in [1.54, 1.807) is 12.1 Å². The number of ether oxygens (including phenoxy) is 1. The van der Waals surface area contributed by atoms with Gasteiger partial charge in [0.25, 0.3) is 0 Å². The summed E-state index contributed by atoms with van der Waals surface area (Å²) in [4.78, 5) is 0. The van der Waals surface area contributed by atoms with E-state index >= 15 is 0 Å². The van der Waals surface area contributed by atoms with Gasteiger partial charge in [-0.25, -0.2) is 4.39 Å². The highest BCUT2D eigenvalue weighted by molar-refractivity contribution is 5.49. The Balaban J connectivity index is 1.52. The predicted octanol–water partition coefficient (Wildman–Crippen LogP) is 6.36. The zero-order valence-electron chi connectivity index (χ0n) is 16.9. The molecule has 1 fully saturated rings. The molecule has 4 atom stereocenters. The Labute approximate surface area is 177 Å². The van der Waals surface area contributed by atoms with Gasteiger partial charge in [0.05, 0.1) is 18.8 Å². The zero-order chi connectivity index (χ0) is 20.8. The van der Waals surface area contributed by atoms with Crippen LogP contribution in [0.25, 0.3) is 6.08 Å². The Kier molecular flexibility index (Phi) is 6.73. The van der Waals surface area contributed by atoms with Crippen LogP contribution < -0.4 is 0 Å². The number of aliphatic hydroxyl groups is 1. The molecule has 1 aliphatic rings. The second-order valence-corrected chi connectivity index (χ2v) is 7.94. The molecule has 1 N–H and O–H groups in total. The third-order valence-corrected chi connectivity index (χ3v) is 5.88. The van der Waals surface area contributed by atoms with E-state index in [2.05, 4.69) is 12.1 Å². The number of rotatable bonds is 6. The van der Waals surface area contributed by atoms with Crippen molar-refractivity contribution in [2.24, 2.45) is 11.8 Å². The number of aliphatic hydroxyl groups excluding tert-OH is 1. The fourth-order valence-corrected chi connectivity index (χ4v) is 4.30. The normalized spacial score (nSPS) is 22.8. The molecule has 3 heteroatoms. The molecule has 0 amide bonds. The molecule has 0 saturated carbocycles. The minimum Gasteiger partial charge on any atom is -0.388 e. The van der Waals surface area contributed by atoms with Gasteiger partial charge in [0, 0.05) is 11.5 Å². The second kappa shape index (κ2) is 9.84. The molecule has 154 valence electrons. The molecule has 1 saturated heterocycles. The third kappa shape index (κ3) is 4.86. The molecule has 0 aliphatic carbocycles. The molecule has 0 radical (unpaired) electrons. The quantitative estimate of drug-likeness (QED) is 0.520. The van der Waals surface area contributed by atoms with Crippen LogP contribution in [0.4, 0.5) is 4.39 Å². The lowest BCUT2D eigenvalue weighted by molar-refractivity contribution is -0.0900. The summed E-state index contributed by atoms with van der Waals surface area (Å²) < 4.78 is 20.2. The van der Waals surface area contributed by atoms with Crippen molar-refractivity contribution in [1.29, 1.82) is 0 Å². The molecule has 0 unspecified atom stereocenters. The first-order valence-electron chi connectivity index (χ1n) is 10.5. The van der Waals surface area contributed by atoms with Crippen LogP contribution >= 0.6 is 0 Å². The zero-order valence-corrected chi connectivity index (χ0v) is 16.9. The van der Waals surface area contributed by atoms with E-state index < -0.39 is 6.10 Å². The highest BCUT2D eigenvalue weighted by Crippen LogP contribution is 2.42. The van der Waals surface area contributed by atoms with Crippen LogP contribution in [0.5, 0.6) is 0 Å². The van der Waals surface area contributed by atoms with Gasteiger partial charge in [0.15, 0.2) is 0 Å². The standard InChI is InChI=1S/C27H27FO2/c28-25-17-8-7-10-20(25)15-9-16-23-18-24(26(29)21-11-3-1-4-12-21)19-30-27(23)22-13-5-2-6-14-22/h1-15,17,23-24,26-27,29H,16,18-19H2/b15-9+/t23-,24+,26-,27+/m0/s1. The fraction of sp³-hybridized carbons (Fsp3) is 0.259. The van der Waals surface area contributed by atoms with Crippen LogP contribution in [0.3, 0.4) is 0 Å². The first-order valence-corrected chi connectivity index (χ1v) is 10.5. The van der Waals surface area contributed by atoms with Gasteiger partial charge in [-0.1, -0.05) is 91.0 Å². The molecule has 3 aromatic rings. The van der Waals surface area contributed by atoms with E-state index in [0.717, 1.165) is 24.0 Å². The number of halogens is 1. The van der Waals surface area contributed by atoms with E-state index in [1.165, 1.54) is 6.07 Å². The van der Waals surface area contributed by atoms with Crippen molar-refractivity contribution in [1.82, 2.24) is 0 Å². The number of benzene rings is 3. The van der Waals surface area contributed by atoms with Gasteiger partial charge in [0.1, 0.15) is 5.82 Å². The average molecular weight is 403 g/mol. The maximum Gasteiger partial charge on any atom is 0.130 e. The van der Waals surface area contributed by atoms with Crippen LogP contribution in [0.2, 0.25) is 0 Å². The lowest BCUT2D eigenvalue weighted by atomic mass is 9.79. The SMILES string of the molecule is O[C@@H](c1ccccc1)[C@H]1CO[C@H](c2ccccc2)[C@@H](C/C=C/c2ccccc2F)C1. The summed E-state index contributed by atoms with van der Waals surface area (Å²) in [6.07, 6.45) is 4.88. The number of allylic oxidation sites excluding steroid dienone is 1. The largest absolute Gasteiger partial charge is 0.388 e. The topological polar surface area (TPSA) is 29.5 Å². The van der Waals surface area contributed by atoms with Crippen molar-refractivity contribution in [2.45, 2.75) is 25.0 Å². The van der Waals surface area contributed by atoms with E-state index in [4.69, 9.17) is 4.74 Å². The fourth-order valence-electron chi connectivity index (χ4n) is 4.30. The van der Waals surface area contributed by atoms with Crippen LogP contribution in [-0.2, 0) is 4.74 Å². The van der Waals surface area contributed by atoms with Gasteiger partial charge in [-0.2, -0.15) is 0 Å². The Hall–Kier alpha value is -2.75. The lowest BCUT2D eigenvalue weighted by Crippen LogP contribution is -2.32. The molecule has 3 aromatic carbocycles. The van der Waals surface area contributed by atoms with Gasteiger partial charge in [-0.3, -0.25) is 0 Å². The van der Waals surface area contributed by atoms with Crippen molar-refractivity contribution >= 4 is 6.08 Å². The van der Waals surface area contributed by atoms with Crippen molar-refractivity contribution in [3.05, 3.63) is 114 Å². The van der Waals surface area contributed by atoms with Crippen molar-refractivity contribution in [3.8, 4) is 0 Å². The highest BCUT2D eigenvalue weighted by Gasteiger charge is 2.35. The molecular weight excluding hydrogens is 375 g/mol. The van der Waals surface area contributed by atoms with Crippen molar-refractivity contribution in [3.63, 3.8) is 0 Å². The van der Waals surface area contributed by atoms with Gasteiger partial charge in [-0.05, 0) is 36.0 Å². The first kappa shape index (κ1) is 20.5. The summed E-state index contributed by atoms with van der Waals surface area (Å²) in [6, 6.07) is 26.8.